The Hall–Kier alpha value is -2.53. The number of allylic oxidation sites excluding steroid dienone is 2. The van der Waals surface area contributed by atoms with Gasteiger partial charge in [0.2, 0.25) is 0 Å². The van der Waals surface area contributed by atoms with Crippen molar-refractivity contribution in [2.45, 2.75) is 45.6 Å². The number of ether oxygens (including phenoxy) is 1. The topological polar surface area (TPSA) is 87.0 Å². The van der Waals surface area contributed by atoms with Crippen LogP contribution in [0.25, 0.3) is 10.8 Å². The fourth-order valence-electron chi connectivity index (χ4n) is 3.65. The van der Waals surface area contributed by atoms with Crippen LogP contribution in [0.2, 0.25) is 0 Å². The standard InChI is InChI=1S/C21H24O5/c1-11(2)5-6-14-16(26-4)8-12-7-13-9-21(3,25)10-15(22)17(13)20(24)18(12)19(14)23/h5,7-8,23-25H,6,9-10H2,1-4H3/t21-/m1/s1. The normalized spacial score (nSPS) is 19.3. The summed E-state index contributed by atoms with van der Waals surface area (Å²) in [6, 6.07) is 3.49. The zero-order valence-corrected chi connectivity index (χ0v) is 15.5. The molecule has 0 radical (unpaired) electrons. The quantitative estimate of drug-likeness (QED) is 0.731. The molecule has 0 saturated carbocycles. The van der Waals surface area contributed by atoms with Crippen molar-refractivity contribution in [3.63, 3.8) is 0 Å². The lowest BCUT2D eigenvalue weighted by Gasteiger charge is -2.30. The fraction of sp³-hybridized carbons (Fsp3) is 0.381. The summed E-state index contributed by atoms with van der Waals surface area (Å²) in [5.74, 6) is -0.114. The third-order valence-electron chi connectivity index (χ3n) is 4.85. The van der Waals surface area contributed by atoms with E-state index >= 15 is 0 Å². The molecule has 0 bridgehead atoms. The highest BCUT2D eigenvalue weighted by atomic mass is 16.5. The summed E-state index contributed by atoms with van der Waals surface area (Å²) in [6.07, 6.45) is 2.62. The SMILES string of the molecule is COc1cc2cc3c(c(O)c2c(O)c1CC=C(C)C)C(=O)C[C@](C)(O)C3. The Morgan fingerprint density at radius 3 is 2.54 bits per heavy atom. The third-order valence-corrected chi connectivity index (χ3v) is 4.85. The highest BCUT2D eigenvalue weighted by molar-refractivity contribution is 6.09. The molecule has 5 heteroatoms. The Balaban J connectivity index is 2.31. The van der Waals surface area contributed by atoms with E-state index in [1.54, 1.807) is 19.1 Å². The molecule has 0 aromatic heterocycles. The van der Waals surface area contributed by atoms with E-state index in [1.807, 2.05) is 19.9 Å². The monoisotopic (exact) mass is 356 g/mol. The molecule has 0 aliphatic heterocycles. The average Bonchev–Trinajstić information content (AvgIpc) is 2.51. The van der Waals surface area contributed by atoms with Gasteiger partial charge in [-0.25, -0.2) is 0 Å². The van der Waals surface area contributed by atoms with Gasteiger partial charge in [0, 0.05) is 18.4 Å². The highest BCUT2D eigenvalue weighted by Gasteiger charge is 2.36. The molecule has 5 nitrogen and oxygen atoms in total. The molecule has 26 heavy (non-hydrogen) atoms. The van der Waals surface area contributed by atoms with Gasteiger partial charge in [-0.3, -0.25) is 4.79 Å². The predicted molar refractivity (Wildman–Crippen MR) is 100 cm³/mol. The number of fused-ring (bicyclic) bond motifs is 2. The Morgan fingerprint density at radius 2 is 1.92 bits per heavy atom. The summed E-state index contributed by atoms with van der Waals surface area (Å²) in [7, 11) is 1.53. The molecule has 1 aliphatic carbocycles. The molecule has 0 unspecified atom stereocenters. The summed E-state index contributed by atoms with van der Waals surface area (Å²) in [5, 5.41) is 32.7. The zero-order chi connectivity index (χ0) is 19.2. The summed E-state index contributed by atoms with van der Waals surface area (Å²) in [5.41, 5.74) is 1.29. The summed E-state index contributed by atoms with van der Waals surface area (Å²) >= 11 is 0. The minimum Gasteiger partial charge on any atom is -0.507 e. The number of aromatic hydroxyl groups is 2. The van der Waals surface area contributed by atoms with E-state index in [1.165, 1.54) is 7.11 Å². The Labute approximate surface area is 152 Å². The number of hydrogen-bond acceptors (Lipinski definition) is 5. The van der Waals surface area contributed by atoms with Crippen molar-refractivity contribution in [1.29, 1.82) is 0 Å². The molecule has 2 aromatic carbocycles. The van der Waals surface area contributed by atoms with E-state index < -0.39 is 5.60 Å². The van der Waals surface area contributed by atoms with Crippen LogP contribution in [-0.4, -0.2) is 33.8 Å². The van der Waals surface area contributed by atoms with Gasteiger partial charge in [0.05, 0.1) is 23.7 Å². The van der Waals surface area contributed by atoms with Gasteiger partial charge in [0.1, 0.15) is 17.2 Å². The Morgan fingerprint density at radius 1 is 1.23 bits per heavy atom. The molecule has 3 rings (SSSR count). The van der Waals surface area contributed by atoms with Gasteiger partial charge < -0.3 is 20.1 Å². The first-order chi connectivity index (χ1) is 12.1. The second-order valence-electron chi connectivity index (χ2n) is 7.52. The van der Waals surface area contributed by atoms with Gasteiger partial charge in [0.25, 0.3) is 0 Å². The fourth-order valence-corrected chi connectivity index (χ4v) is 3.65. The number of phenolic OH excluding ortho intramolecular Hbond substituents is 2. The van der Waals surface area contributed by atoms with Gasteiger partial charge in [-0.1, -0.05) is 11.6 Å². The first-order valence-corrected chi connectivity index (χ1v) is 8.61. The van der Waals surface area contributed by atoms with Gasteiger partial charge >= 0.3 is 0 Å². The second-order valence-corrected chi connectivity index (χ2v) is 7.52. The molecule has 138 valence electrons. The molecule has 1 aliphatic rings. The number of benzene rings is 2. The van der Waals surface area contributed by atoms with Crippen LogP contribution in [0.3, 0.4) is 0 Å². The molecule has 2 aromatic rings. The highest BCUT2D eigenvalue weighted by Crippen LogP contribution is 2.46. The van der Waals surface area contributed by atoms with E-state index in [0.29, 0.717) is 28.7 Å². The van der Waals surface area contributed by atoms with Crippen molar-refractivity contribution < 1.29 is 24.9 Å². The van der Waals surface area contributed by atoms with Crippen LogP contribution >= 0.6 is 0 Å². The number of methoxy groups -OCH3 is 1. The van der Waals surface area contributed by atoms with Crippen LogP contribution in [0.4, 0.5) is 0 Å². The van der Waals surface area contributed by atoms with Gasteiger partial charge in [-0.15, -0.1) is 0 Å². The van der Waals surface area contributed by atoms with Crippen molar-refractivity contribution in [2.75, 3.05) is 7.11 Å². The van der Waals surface area contributed by atoms with Gasteiger partial charge in [0.15, 0.2) is 5.78 Å². The molecule has 0 saturated heterocycles. The third kappa shape index (κ3) is 3.03. The van der Waals surface area contributed by atoms with Crippen molar-refractivity contribution in [1.82, 2.24) is 0 Å². The molecular formula is C21H24O5. The largest absolute Gasteiger partial charge is 0.507 e. The van der Waals surface area contributed by atoms with E-state index in [4.69, 9.17) is 4.74 Å². The first kappa shape index (κ1) is 18.3. The number of hydrogen-bond donors (Lipinski definition) is 3. The van der Waals surface area contributed by atoms with Gasteiger partial charge in [-0.05, 0) is 50.3 Å². The maximum atomic E-state index is 12.5. The number of Topliss-reactive ketones (excluding diaryl/α,β-unsaturated/α-hetero) is 1. The molecule has 0 amide bonds. The number of phenols is 2. The van der Waals surface area contributed by atoms with Crippen molar-refractivity contribution in [3.8, 4) is 17.2 Å². The number of rotatable bonds is 3. The van der Waals surface area contributed by atoms with Crippen molar-refractivity contribution in [2.24, 2.45) is 0 Å². The smallest absolute Gasteiger partial charge is 0.169 e. The lowest BCUT2D eigenvalue weighted by molar-refractivity contribution is 0.0409. The average molecular weight is 356 g/mol. The predicted octanol–water partition coefficient (Wildman–Crippen LogP) is 3.65. The number of aliphatic hydroxyl groups is 1. The minimum atomic E-state index is -1.14. The maximum Gasteiger partial charge on any atom is 0.169 e. The van der Waals surface area contributed by atoms with E-state index in [2.05, 4.69) is 0 Å². The van der Waals surface area contributed by atoms with Crippen LogP contribution in [0.15, 0.2) is 23.8 Å². The minimum absolute atomic E-state index is 0.0550. The summed E-state index contributed by atoms with van der Waals surface area (Å²) in [6.45, 7) is 5.53. The van der Waals surface area contributed by atoms with Crippen LogP contribution in [0.1, 0.15) is 48.7 Å². The van der Waals surface area contributed by atoms with Crippen LogP contribution in [0.5, 0.6) is 17.2 Å². The lowest BCUT2D eigenvalue weighted by Crippen LogP contribution is -2.35. The number of carbonyl (C=O) groups is 1. The second kappa shape index (κ2) is 6.32. The molecule has 1 atom stereocenters. The van der Waals surface area contributed by atoms with Crippen LogP contribution in [0, 0.1) is 0 Å². The Bertz CT molecular complexity index is 934. The summed E-state index contributed by atoms with van der Waals surface area (Å²) < 4.78 is 5.43. The molecule has 0 fully saturated rings. The molecular weight excluding hydrogens is 332 g/mol. The van der Waals surface area contributed by atoms with Crippen molar-refractivity contribution >= 4 is 16.6 Å². The Kier molecular flexibility index (Phi) is 4.44. The molecule has 0 spiro atoms. The molecule has 0 heterocycles. The number of ketones is 1. The molecule has 3 N–H and O–H groups in total. The number of carbonyl (C=O) groups excluding carboxylic acids is 1. The van der Waals surface area contributed by atoms with Crippen LogP contribution < -0.4 is 4.74 Å². The van der Waals surface area contributed by atoms with E-state index in [-0.39, 0.29) is 41.1 Å². The summed E-state index contributed by atoms with van der Waals surface area (Å²) in [4.78, 5) is 12.5. The van der Waals surface area contributed by atoms with Crippen molar-refractivity contribution in [3.05, 3.63) is 40.5 Å². The van der Waals surface area contributed by atoms with Crippen LogP contribution in [-0.2, 0) is 12.8 Å². The lowest BCUT2D eigenvalue weighted by atomic mass is 9.79. The first-order valence-electron chi connectivity index (χ1n) is 8.61. The maximum absolute atomic E-state index is 12.5. The van der Waals surface area contributed by atoms with E-state index in [9.17, 15) is 20.1 Å². The van der Waals surface area contributed by atoms with E-state index in [0.717, 1.165) is 5.57 Å². The van der Waals surface area contributed by atoms with Gasteiger partial charge in [-0.2, -0.15) is 0 Å². The zero-order valence-electron chi connectivity index (χ0n) is 15.5.